The highest BCUT2D eigenvalue weighted by atomic mass is 16.2. The fraction of sp³-hybridized carbons (Fsp3) is 0.200. The summed E-state index contributed by atoms with van der Waals surface area (Å²) in [7, 11) is 1.94. The van der Waals surface area contributed by atoms with Crippen molar-refractivity contribution in [2.24, 2.45) is 7.05 Å². The zero-order valence-corrected chi connectivity index (χ0v) is 14.1. The molecule has 0 fully saturated rings. The van der Waals surface area contributed by atoms with Crippen LogP contribution in [0.25, 0.3) is 16.7 Å². The molecule has 5 heteroatoms. The van der Waals surface area contributed by atoms with Crippen molar-refractivity contribution in [3.8, 4) is 0 Å². The van der Waals surface area contributed by atoms with Crippen LogP contribution in [0.15, 0.2) is 54.6 Å². The van der Waals surface area contributed by atoms with E-state index in [4.69, 9.17) is 0 Å². The Morgan fingerprint density at radius 3 is 2.84 bits per heavy atom. The normalized spacial score (nSPS) is 13.2. The van der Waals surface area contributed by atoms with Gasteiger partial charge in [-0.1, -0.05) is 42.5 Å². The number of rotatable bonds is 4. The highest BCUT2D eigenvalue weighted by Gasteiger charge is 2.14. The van der Waals surface area contributed by atoms with Gasteiger partial charge in [-0.05, 0) is 30.5 Å². The molecule has 2 N–H and O–H groups in total. The predicted molar refractivity (Wildman–Crippen MR) is 98.4 cm³/mol. The number of allylic oxidation sites excluding steroid dienone is 1. The maximum atomic E-state index is 12.3. The smallest absolute Gasteiger partial charge is 0.245 e. The molecule has 0 atom stereocenters. The first kappa shape index (κ1) is 15.4. The van der Waals surface area contributed by atoms with Crippen LogP contribution in [0, 0.1) is 0 Å². The molecule has 0 spiro atoms. The largest absolute Gasteiger partial charge is 0.331 e. The van der Waals surface area contributed by atoms with Crippen LogP contribution in [0.1, 0.15) is 23.4 Å². The monoisotopic (exact) mass is 332 g/mol. The van der Waals surface area contributed by atoms with Gasteiger partial charge in [-0.25, -0.2) is 4.98 Å². The number of carbonyl (C=O) groups excluding carboxylic acids is 1. The minimum atomic E-state index is -0.109. The Labute approximate surface area is 146 Å². The second kappa shape index (κ2) is 6.43. The molecule has 0 bridgehead atoms. The lowest BCUT2D eigenvalue weighted by Gasteiger charge is -2.19. The zero-order chi connectivity index (χ0) is 17.2. The van der Waals surface area contributed by atoms with Gasteiger partial charge in [0.2, 0.25) is 5.91 Å². The van der Waals surface area contributed by atoms with Crippen molar-refractivity contribution in [2.75, 3.05) is 0 Å². The van der Waals surface area contributed by atoms with E-state index >= 15 is 0 Å². The lowest BCUT2D eigenvalue weighted by atomic mass is 9.95. The number of hydrogen-bond donors (Lipinski definition) is 2. The number of para-hydroxylation sites is 2. The van der Waals surface area contributed by atoms with Gasteiger partial charge in [-0.15, -0.1) is 0 Å². The van der Waals surface area contributed by atoms with Crippen LogP contribution in [0.3, 0.4) is 0 Å². The van der Waals surface area contributed by atoms with Gasteiger partial charge in [0.15, 0.2) is 0 Å². The van der Waals surface area contributed by atoms with E-state index in [2.05, 4.69) is 34.0 Å². The Balaban J connectivity index is 1.44. The van der Waals surface area contributed by atoms with Crippen molar-refractivity contribution in [1.82, 2.24) is 20.4 Å². The van der Waals surface area contributed by atoms with Gasteiger partial charge in [0.1, 0.15) is 5.82 Å². The summed E-state index contributed by atoms with van der Waals surface area (Å²) in [6.45, 7) is 0. The molecule has 0 radical (unpaired) electrons. The zero-order valence-electron chi connectivity index (χ0n) is 14.1. The molecule has 1 amide bonds. The van der Waals surface area contributed by atoms with Crippen molar-refractivity contribution in [3.63, 3.8) is 0 Å². The van der Waals surface area contributed by atoms with Gasteiger partial charge in [0.05, 0.1) is 23.2 Å². The van der Waals surface area contributed by atoms with E-state index in [1.54, 1.807) is 0 Å². The molecule has 1 aliphatic rings. The van der Waals surface area contributed by atoms with E-state index < -0.39 is 0 Å². The first-order valence-electron chi connectivity index (χ1n) is 8.46. The number of benzene rings is 2. The van der Waals surface area contributed by atoms with Crippen LogP contribution in [-0.4, -0.2) is 15.5 Å². The number of fused-ring (bicyclic) bond motifs is 2. The van der Waals surface area contributed by atoms with Crippen LogP contribution >= 0.6 is 0 Å². The second-order valence-electron chi connectivity index (χ2n) is 6.24. The van der Waals surface area contributed by atoms with E-state index in [1.165, 1.54) is 5.56 Å². The molecule has 126 valence electrons. The van der Waals surface area contributed by atoms with Crippen molar-refractivity contribution in [1.29, 1.82) is 0 Å². The molecular formula is C20H20N4O. The Morgan fingerprint density at radius 2 is 1.96 bits per heavy atom. The fourth-order valence-electron chi connectivity index (χ4n) is 3.28. The molecule has 2 aromatic carbocycles. The highest BCUT2D eigenvalue weighted by Crippen LogP contribution is 2.23. The average molecular weight is 332 g/mol. The lowest BCUT2D eigenvalue weighted by molar-refractivity contribution is -0.121. The number of carbonyl (C=O) groups is 1. The molecule has 1 aromatic heterocycles. The third-order valence-corrected chi connectivity index (χ3v) is 4.60. The van der Waals surface area contributed by atoms with Gasteiger partial charge in [-0.2, -0.15) is 0 Å². The quantitative estimate of drug-likeness (QED) is 0.722. The fourth-order valence-corrected chi connectivity index (χ4v) is 3.28. The number of aromatic nitrogens is 2. The second-order valence-corrected chi connectivity index (χ2v) is 6.24. The third-order valence-electron chi connectivity index (χ3n) is 4.60. The molecule has 0 saturated carbocycles. The molecule has 4 rings (SSSR count). The Bertz CT molecular complexity index is 971. The number of nitrogens with one attached hydrogen (secondary N) is 2. The summed E-state index contributed by atoms with van der Waals surface area (Å²) in [5.74, 6) is 0.640. The van der Waals surface area contributed by atoms with E-state index in [0.29, 0.717) is 0 Å². The number of amides is 1. The lowest BCUT2D eigenvalue weighted by Crippen LogP contribution is -2.38. The molecule has 0 aliphatic heterocycles. The van der Waals surface area contributed by atoms with E-state index in [0.717, 1.165) is 41.0 Å². The van der Waals surface area contributed by atoms with E-state index in [1.807, 2.05) is 48.0 Å². The highest BCUT2D eigenvalue weighted by molar-refractivity contribution is 5.82. The summed E-state index contributed by atoms with van der Waals surface area (Å²) in [6, 6.07) is 16.2. The van der Waals surface area contributed by atoms with Gasteiger partial charge < -0.3 is 4.57 Å². The van der Waals surface area contributed by atoms with Gasteiger partial charge in [-0.3, -0.25) is 15.6 Å². The van der Waals surface area contributed by atoms with E-state index in [-0.39, 0.29) is 12.3 Å². The number of aryl methyl sites for hydroxylation is 2. The summed E-state index contributed by atoms with van der Waals surface area (Å²) in [4.78, 5) is 16.9. The van der Waals surface area contributed by atoms with E-state index in [9.17, 15) is 4.79 Å². The molecule has 1 aliphatic carbocycles. The number of nitrogens with zero attached hydrogens (tertiary/aromatic N) is 2. The Morgan fingerprint density at radius 1 is 1.16 bits per heavy atom. The molecular weight excluding hydrogens is 312 g/mol. The van der Waals surface area contributed by atoms with Crippen molar-refractivity contribution >= 4 is 22.6 Å². The SMILES string of the molecule is Cn1c(CC(=O)NNC2=CCCc3ccccc32)nc2ccccc21. The standard InChI is InChI=1S/C20H20N4O/c1-24-18-12-5-4-10-17(18)21-19(24)13-20(25)23-22-16-11-6-8-14-7-2-3-9-15(14)16/h2-5,7,9-12,22H,6,8,13H2,1H3,(H,23,25). The van der Waals surface area contributed by atoms with Crippen molar-refractivity contribution in [2.45, 2.75) is 19.3 Å². The van der Waals surface area contributed by atoms with Crippen molar-refractivity contribution in [3.05, 3.63) is 71.6 Å². The summed E-state index contributed by atoms with van der Waals surface area (Å²) >= 11 is 0. The number of hydrogen-bond acceptors (Lipinski definition) is 3. The number of hydrazine groups is 1. The summed E-state index contributed by atoms with van der Waals surface area (Å²) in [5, 5.41) is 0. The Kier molecular flexibility index (Phi) is 3.98. The van der Waals surface area contributed by atoms with Gasteiger partial charge in [0.25, 0.3) is 0 Å². The van der Waals surface area contributed by atoms with Gasteiger partial charge >= 0.3 is 0 Å². The molecule has 0 saturated heterocycles. The van der Waals surface area contributed by atoms with Crippen LogP contribution in [-0.2, 0) is 24.7 Å². The maximum absolute atomic E-state index is 12.3. The van der Waals surface area contributed by atoms with Crippen LogP contribution in [0.2, 0.25) is 0 Å². The summed E-state index contributed by atoms with van der Waals surface area (Å²) in [6.07, 6.45) is 4.36. The first-order chi connectivity index (χ1) is 12.2. The third kappa shape index (κ3) is 3.01. The molecule has 3 aromatic rings. The number of imidazole rings is 1. The predicted octanol–water partition coefficient (Wildman–Crippen LogP) is 2.72. The first-order valence-corrected chi connectivity index (χ1v) is 8.46. The molecule has 0 unspecified atom stereocenters. The van der Waals surface area contributed by atoms with Crippen LogP contribution < -0.4 is 10.9 Å². The maximum Gasteiger partial charge on any atom is 0.245 e. The molecule has 1 heterocycles. The minimum Gasteiger partial charge on any atom is -0.331 e. The van der Waals surface area contributed by atoms with Crippen molar-refractivity contribution < 1.29 is 4.79 Å². The van der Waals surface area contributed by atoms with Gasteiger partial charge in [0, 0.05) is 12.6 Å². The summed E-state index contributed by atoms with van der Waals surface area (Å²) < 4.78 is 1.96. The van der Waals surface area contributed by atoms with Crippen LogP contribution in [0.5, 0.6) is 0 Å². The molecule has 5 nitrogen and oxygen atoms in total. The topological polar surface area (TPSA) is 59.0 Å². The summed E-state index contributed by atoms with van der Waals surface area (Å²) in [5.41, 5.74) is 11.2. The molecule has 25 heavy (non-hydrogen) atoms. The Hall–Kier alpha value is -3.08. The van der Waals surface area contributed by atoms with Crippen LogP contribution in [0.4, 0.5) is 0 Å². The average Bonchev–Trinajstić information content (AvgIpc) is 2.96. The minimum absolute atomic E-state index is 0.109.